The summed E-state index contributed by atoms with van der Waals surface area (Å²) in [6.07, 6.45) is 12.8. The Bertz CT molecular complexity index is 531. The van der Waals surface area contributed by atoms with Crippen LogP contribution in [-0.4, -0.2) is 0 Å². The molecule has 2 saturated carbocycles. The van der Waals surface area contributed by atoms with E-state index in [9.17, 15) is 0 Å². The molecule has 2 aliphatic rings. The Kier molecular flexibility index (Phi) is 50.1. The van der Waals surface area contributed by atoms with Crippen molar-refractivity contribution in [3.63, 3.8) is 0 Å². The highest BCUT2D eigenvalue weighted by atomic mass is 14.2. The lowest BCUT2D eigenvalue weighted by Gasteiger charge is -2.21. The van der Waals surface area contributed by atoms with E-state index in [4.69, 9.17) is 0 Å². The molecule has 0 heteroatoms. The van der Waals surface area contributed by atoms with Gasteiger partial charge in [0, 0.05) is 0 Å². The maximum absolute atomic E-state index is 2.27. The van der Waals surface area contributed by atoms with Crippen molar-refractivity contribution >= 4 is 0 Å². The van der Waals surface area contributed by atoms with E-state index in [0.717, 1.165) is 11.8 Å². The van der Waals surface area contributed by atoms with E-state index in [0.29, 0.717) is 0 Å². The van der Waals surface area contributed by atoms with Crippen LogP contribution in [0, 0.1) is 0 Å². The zero-order valence-corrected chi connectivity index (χ0v) is 26.3. The highest BCUT2D eigenvalue weighted by molar-refractivity contribution is 5.20. The van der Waals surface area contributed by atoms with Gasteiger partial charge in [-0.2, -0.15) is 0 Å². The highest BCUT2D eigenvalue weighted by Gasteiger charge is 2.16. The lowest BCUT2D eigenvalue weighted by molar-refractivity contribution is 0.443. The summed E-state index contributed by atoms with van der Waals surface area (Å²) in [5, 5.41) is 0. The average Bonchev–Trinajstić information content (AvgIpc) is 3.57. The number of rotatable bonds is 2. The van der Waals surface area contributed by atoms with Crippen LogP contribution < -0.4 is 0 Å². The smallest absolute Gasteiger partial charge is 0.0162 e. The van der Waals surface area contributed by atoms with Gasteiger partial charge in [0.15, 0.2) is 0 Å². The van der Waals surface area contributed by atoms with Gasteiger partial charge in [0.2, 0.25) is 0 Å². The van der Waals surface area contributed by atoms with Gasteiger partial charge in [-0.1, -0.05) is 183 Å². The van der Waals surface area contributed by atoms with Crippen LogP contribution in [0.1, 0.15) is 171 Å². The first-order valence-corrected chi connectivity index (χ1v) is 15.5. The minimum absolute atomic E-state index is 0. The van der Waals surface area contributed by atoms with E-state index in [2.05, 4.69) is 60.7 Å². The van der Waals surface area contributed by atoms with E-state index < -0.39 is 0 Å². The van der Waals surface area contributed by atoms with Gasteiger partial charge in [0.1, 0.15) is 0 Å². The van der Waals surface area contributed by atoms with Crippen LogP contribution in [0.5, 0.6) is 0 Å². The van der Waals surface area contributed by atoms with E-state index in [1.807, 2.05) is 83.1 Å². The Morgan fingerprint density at radius 2 is 0.583 bits per heavy atom. The molecule has 0 aromatic heterocycles. The minimum Gasteiger partial charge on any atom is -0.0776 e. The predicted molar refractivity (Wildman–Crippen MR) is 175 cm³/mol. The molecule has 0 unspecified atom stereocenters. The third kappa shape index (κ3) is 22.9. The van der Waals surface area contributed by atoms with Crippen molar-refractivity contribution in [2.45, 2.75) is 160 Å². The molecule has 0 N–H and O–H groups in total. The fourth-order valence-corrected chi connectivity index (χ4v) is 4.15. The Balaban J connectivity index is -0.000000124. The van der Waals surface area contributed by atoms with Crippen LogP contribution in [-0.2, 0) is 0 Å². The maximum Gasteiger partial charge on any atom is -0.0162 e. The van der Waals surface area contributed by atoms with Crippen LogP contribution in [0.15, 0.2) is 60.7 Å². The zero-order valence-electron chi connectivity index (χ0n) is 26.3. The molecule has 0 aliphatic heterocycles. The van der Waals surface area contributed by atoms with E-state index in [-0.39, 0.29) is 7.43 Å². The van der Waals surface area contributed by atoms with E-state index in [1.165, 1.54) is 57.8 Å². The van der Waals surface area contributed by atoms with Gasteiger partial charge < -0.3 is 0 Å². The highest BCUT2D eigenvalue weighted by Crippen LogP contribution is 2.33. The van der Waals surface area contributed by atoms with Crippen LogP contribution in [0.4, 0.5) is 0 Å². The minimum atomic E-state index is 0. The maximum atomic E-state index is 2.27. The first kappa shape index (κ1) is 44.4. The monoisotopic (exact) mass is 503 g/mol. The standard InChI is InChI=1S/C12H16.C11H14.6C2H6.CH4/c1-3-7-11(8-4-1)12-9-5-2-6-10-12;1-2-6-10(7-3-1)11-8-4-5-9-11;6*1-2;/h1,3-4,7-8,12H,2,5-6,9-10H2;1-3,6-7,11H,4-5,8-9H2;6*1-2H3;1H4. The average molecular weight is 503 g/mol. The van der Waals surface area contributed by atoms with Crippen molar-refractivity contribution in [1.82, 2.24) is 0 Å². The number of hydrogen-bond donors (Lipinski definition) is 0. The van der Waals surface area contributed by atoms with Crippen LogP contribution in [0.2, 0.25) is 0 Å². The van der Waals surface area contributed by atoms with Gasteiger partial charge >= 0.3 is 0 Å². The molecule has 0 amide bonds. The summed E-state index contributed by atoms with van der Waals surface area (Å²) in [5.74, 6) is 1.73. The molecule has 2 aromatic carbocycles. The van der Waals surface area contributed by atoms with E-state index in [1.54, 1.807) is 11.1 Å². The zero-order chi connectivity index (χ0) is 27.7. The summed E-state index contributed by atoms with van der Waals surface area (Å²) < 4.78 is 0. The van der Waals surface area contributed by atoms with Crippen molar-refractivity contribution in [3.8, 4) is 0 Å². The molecular formula is C36H70. The molecule has 4 rings (SSSR count). The fourth-order valence-electron chi connectivity index (χ4n) is 4.15. The Labute approximate surface area is 231 Å². The summed E-state index contributed by atoms with van der Waals surface area (Å²) in [6, 6.07) is 21.9. The number of hydrogen-bond acceptors (Lipinski definition) is 0. The molecule has 214 valence electrons. The molecule has 2 aliphatic carbocycles. The van der Waals surface area contributed by atoms with Gasteiger partial charge in [-0.3, -0.25) is 0 Å². The molecule has 0 nitrogen and oxygen atoms in total. The first-order valence-electron chi connectivity index (χ1n) is 15.5. The summed E-state index contributed by atoms with van der Waals surface area (Å²) in [4.78, 5) is 0. The summed E-state index contributed by atoms with van der Waals surface area (Å²) in [7, 11) is 0. The second-order valence-corrected chi connectivity index (χ2v) is 7.14. The van der Waals surface area contributed by atoms with Crippen molar-refractivity contribution in [1.29, 1.82) is 0 Å². The van der Waals surface area contributed by atoms with Crippen molar-refractivity contribution < 1.29 is 0 Å². The first-order chi connectivity index (χ1) is 17.4. The lowest BCUT2D eigenvalue weighted by atomic mass is 9.84. The molecule has 0 heterocycles. The van der Waals surface area contributed by atoms with Crippen LogP contribution >= 0.6 is 0 Å². The van der Waals surface area contributed by atoms with Gasteiger partial charge in [-0.05, 0) is 48.6 Å². The van der Waals surface area contributed by atoms with Gasteiger partial charge in [-0.15, -0.1) is 0 Å². The van der Waals surface area contributed by atoms with Crippen molar-refractivity contribution in [2.24, 2.45) is 0 Å². The van der Waals surface area contributed by atoms with Gasteiger partial charge in [-0.25, -0.2) is 0 Å². The summed E-state index contributed by atoms with van der Waals surface area (Å²) >= 11 is 0. The quantitative estimate of drug-likeness (QED) is 0.383. The summed E-state index contributed by atoms with van der Waals surface area (Å²) in [5.41, 5.74) is 3.10. The Morgan fingerprint density at radius 1 is 0.361 bits per heavy atom. The molecule has 36 heavy (non-hydrogen) atoms. The van der Waals surface area contributed by atoms with Crippen molar-refractivity contribution in [3.05, 3.63) is 71.8 Å². The van der Waals surface area contributed by atoms with Crippen LogP contribution in [0.25, 0.3) is 0 Å². The molecular weight excluding hydrogens is 432 g/mol. The molecule has 0 bridgehead atoms. The lowest BCUT2D eigenvalue weighted by Crippen LogP contribution is -2.03. The Hall–Kier alpha value is -1.56. The van der Waals surface area contributed by atoms with Gasteiger partial charge in [0.05, 0.1) is 0 Å². The fraction of sp³-hybridized carbons (Fsp3) is 0.667. The van der Waals surface area contributed by atoms with E-state index >= 15 is 0 Å². The predicted octanol–water partition coefficient (Wildman–Crippen LogP) is 13.9. The normalized spacial score (nSPS) is 13.2. The molecule has 0 atom stereocenters. The second kappa shape index (κ2) is 40.6. The molecule has 0 saturated heterocycles. The van der Waals surface area contributed by atoms with Gasteiger partial charge in [0.25, 0.3) is 0 Å². The SMILES string of the molecule is C.CC.CC.CC.CC.CC.CC.c1ccc(C2CCCC2)cc1.c1ccc(C2CCCCC2)cc1. The molecule has 0 spiro atoms. The second-order valence-electron chi connectivity index (χ2n) is 7.14. The third-order valence-electron chi connectivity index (χ3n) is 5.50. The molecule has 2 aromatic rings. The largest absolute Gasteiger partial charge is 0.0776 e. The van der Waals surface area contributed by atoms with Crippen LogP contribution in [0.3, 0.4) is 0 Å². The number of benzene rings is 2. The third-order valence-corrected chi connectivity index (χ3v) is 5.50. The topological polar surface area (TPSA) is 0 Å². The van der Waals surface area contributed by atoms with Crippen molar-refractivity contribution in [2.75, 3.05) is 0 Å². The Morgan fingerprint density at radius 3 is 0.833 bits per heavy atom. The molecule has 0 radical (unpaired) electrons. The molecule has 2 fully saturated rings. The summed E-state index contributed by atoms with van der Waals surface area (Å²) in [6.45, 7) is 24.0.